The van der Waals surface area contributed by atoms with Gasteiger partial charge in [0.1, 0.15) is 5.75 Å². The third-order valence-electron chi connectivity index (χ3n) is 7.79. The van der Waals surface area contributed by atoms with Crippen molar-refractivity contribution < 1.29 is 27.5 Å². The van der Waals surface area contributed by atoms with E-state index in [1.807, 2.05) is 39.0 Å². The highest BCUT2D eigenvalue weighted by molar-refractivity contribution is 6.07. The molecule has 0 radical (unpaired) electrons. The molecule has 194 valence electrons. The molecule has 1 aliphatic carbocycles. The molecule has 2 aliphatic rings. The topological polar surface area (TPSA) is 58.6 Å². The Morgan fingerprint density at radius 3 is 2.36 bits per heavy atom. The van der Waals surface area contributed by atoms with Gasteiger partial charge in [-0.2, -0.15) is 13.2 Å². The van der Waals surface area contributed by atoms with E-state index in [0.29, 0.717) is 6.42 Å². The van der Waals surface area contributed by atoms with Crippen LogP contribution in [0.2, 0.25) is 0 Å². The smallest absolute Gasteiger partial charge is 0.416 e. The fourth-order valence-electron chi connectivity index (χ4n) is 5.59. The third-order valence-corrected chi connectivity index (χ3v) is 7.79. The van der Waals surface area contributed by atoms with Crippen LogP contribution < -0.4 is 15.0 Å². The fourth-order valence-corrected chi connectivity index (χ4v) is 5.59. The Balaban J connectivity index is 1.65. The summed E-state index contributed by atoms with van der Waals surface area (Å²) in [5.41, 5.74) is 0.673. The molecule has 2 fully saturated rings. The number of anilines is 2. The zero-order chi connectivity index (χ0) is 26.3. The second-order valence-electron chi connectivity index (χ2n) is 10.1. The Morgan fingerprint density at radius 2 is 1.78 bits per heavy atom. The van der Waals surface area contributed by atoms with E-state index >= 15 is 0 Å². The molecule has 1 saturated heterocycles. The van der Waals surface area contributed by atoms with E-state index in [1.54, 1.807) is 11.8 Å². The number of ether oxygens (including phenoxy) is 1. The van der Waals surface area contributed by atoms with Crippen molar-refractivity contribution in [2.24, 2.45) is 11.3 Å². The second-order valence-corrected chi connectivity index (χ2v) is 10.1. The highest BCUT2D eigenvalue weighted by atomic mass is 19.4. The molecule has 0 unspecified atom stereocenters. The highest BCUT2D eigenvalue weighted by Crippen LogP contribution is 2.45. The maximum atomic E-state index is 13.7. The summed E-state index contributed by atoms with van der Waals surface area (Å²) in [6, 6.07) is 9.10. The van der Waals surface area contributed by atoms with Gasteiger partial charge in [0.15, 0.2) is 0 Å². The number of benzene rings is 2. The Hall–Kier alpha value is -3.03. The molecule has 1 saturated carbocycles. The van der Waals surface area contributed by atoms with Crippen LogP contribution in [0.15, 0.2) is 36.4 Å². The van der Waals surface area contributed by atoms with Crippen molar-refractivity contribution in [1.29, 1.82) is 0 Å². The molecular weight excluding hydrogens is 469 g/mol. The van der Waals surface area contributed by atoms with Crippen molar-refractivity contribution in [2.75, 3.05) is 16.8 Å². The molecule has 0 aromatic heterocycles. The van der Waals surface area contributed by atoms with Crippen LogP contribution in [0.5, 0.6) is 5.75 Å². The summed E-state index contributed by atoms with van der Waals surface area (Å²) in [5, 5.41) is 2.71. The van der Waals surface area contributed by atoms with Gasteiger partial charge in [-0.3, -0.25) is 9.59 Å². The first-order chi connectivity index (χ1) is 17.0. The van der Waals surface area contributed by atoms with Crippen LogP contribution in [-0.4, -0.2) is 24.5 Å². The van der Waals surface area contributed by atoms with Crippen molar-refractivity contribution in [3.63, 3.8) is 0 Å². The molecule has 0 bridgehead atoms. The minimum absolute atomic E-state index is 0.0146. The van der Waals surface area contributed by atoms with Crippen LogP contribution in [0.3, 0.4) is 0 Å². The molecule has 5 nitrogen and oxygen atoms in total. The average molecular weight is 503 g/mol. The summed E-state index contributed by atoms with van der Waals surface area (Å²) in [7, 11) is 0. The molecule has 2 amide bonds. The molecule has 8 heteroatoms. The summed E-state index contributed by atoms with van der Waals surface area (Å²) in [5.74, 6) is -1.18. The lowest BCUT2D eigenvalue weighted by Gasteiger charge is -2.30. The van der Waals surface area contributed by atoms with Gasteiger partial charge in [0, 0.05) is 24.0 Å². The Labute approximate surface area is 210 Å². The maximum absolute atomic E-state index is 13.7. The summed E-state index contributed by atoms with van der Waals surface area (Å²) >= 11 is 0. The van der Waals surface area contributed by atoms with Crippen molar-refractivity contribution in [3.05, 3.63) is 53.1 Å². The normalized spacial score (nSPS) is 22.8. The molecule has 36 heavy (non-hydrogen) atoms. The van der Waals surface area contributed by atoms with Gasteiger partial charge in [-0.15, -0.1) is 0 Å². The zero-order valence-corrected chi connectivity index (χ0v) is 21.2. The number of hydrogen-bond donors (Lipinski definition) is 1. The van der Waals surface area contributed by atoms with Crippen LogP contribution in [0.4, 0.5) is 24.5 Å². The minimum Gasteiger partial charge on any atom is -0.490 e. The minimum atomic E-state index is -4.59. The first-order valence-corrected chi connectivity index (χ1v) is 12.5. The summed E-state index contributed by atoms with van der Waals surface area (Å²) in [6.45, 7) is 7.55. The monoisotopic (exact) mass is 502 g/mol. The largest absolute Gasteiger partial charge is 0.490 e. The number of halogens is 3. The first-order valence-electron chi connectivity index (χ1n) is 12.5. The van der Waals surface area contributed by atoms with Gasteiger partial charge in [0.25, 0.3) is 0 Å². The molecule has 0 spiro atoms. The number of hydrogen-bond acceptors (Lipinski definition) is 3. The van der Waals surface area contributed by atoms with E-state index in [0.717, 1.165) is 54.6 Å². The lowest BCUT2D eigenvalue weighted by Crippen LogP contribution is -2.42. The zero-order valence-electron chi connectivity index (χ0n) is 21.2. The van der Waals surface area contributed by atoms with Gasteiger partial charge < -0.3 is 15.0 Å². The SMILES string of the molecule is CC[C@@]1(C(=O)Nc2cc(OC3CCCC3)cc(C(F)(F)F)c2)CN(c2c(C)cccc2C)C(=O)[C@H]1C. The van der Waals surface area contributed by atoms with Crippen LogP contribution in [0.25, 0.3) is 0 Å². The summed E-state index contributed by atoms with van der Waals surface area (Å²) in [4.78, 5) is 28.7. The molecule has 2 aromatic rings. The van der Waals surface area contributed by atoms with Crippen molar-refractivity contribution in [2.45, 2.75) is 72.1 Å². The van der Waals surface area contributed by atoms with Gasteiger partial charge in [0.2, 0.25) is 11.8 Å². The third kappa shape index (κ3) is 4.82. The maximum Gasteiger partial charge on any atom is 0.416 e. The molecular formula is C28H33F3N2O3. The predicted molar refractivity (Wildman–Crippen MR) is 133 cm³/mol. The van der Waals surface area contributed by atoms with Crippen LogP contribution in [0.1, 0.15) is 62.6 Å². The fraction of sp³-hybridized carbons (Fsp3) is 0.500. The highest BCUT2D eigenvalue weighted by Gasteiger charge is 2.54. The van der Waals surface area contributed by atoms with Crippen molar-refractivity contribution in [1.82, 2.24) is 0 Å². The van der Waals surface area contributed by atoms with Gasteiger partial charge in [-0.25, -0.2) is 0 Å². The van der Waals surface area contributed by atoms with Crippen molar-refractivity contribution >= 4 is 23.2 Å². The number of amides is 2. The number of nitrogens with zero attached hydrogens (tertiary/aromatic N) is 1. The van der Waals surface area contributed by atoms with E-state index in [4.69, 9.17) is 4.74 Å². The number of rotatable bonds is 6. The lowest BCUT2D eigenvalue weighted by molar-refractivity contribution is -0.137. The van der Waals surface area contributed by atoms with E-state index in [-0.39, 0.29) is 30.0 Å². The predicted octanol–water partition coefficient (Wildman–Crippen LogP) is 6.66. The Morgan fingerprint density at radius 1 is 1.14 bits per heavy atom. The van der Waals surface area contributed by atoms with Gasteiger partial charge in [0.05, 0.1) is 23.0 Å². The summed E-state index contributed by atoms with van der Waals surface area (Å²) in [6.07, 6.45) is -0.804. The van der Waals surface area contributed by atoms with Gasteiger partial charge >= 0.3 is 6.18 Å². The standard InChI is InChI=1S/C28H33F3N2O3/c1-5-27(16-33(25(34)19(27)4)24-17(2)9-8-10-18(24)3)26(35)32-21-13-20(28(29,30)31)14-23(15-21)36-22-11-6-7-12-22/h8-10,13-15,19,22H,5-7,11-12,16H2,1-4H3,(H,32,35)/t19-,27-/m1/s1. The number of carbonyl (C=O) groups excluding carboxylic acids is 2. The molecule has 2 atom stereocenters. The molecule has 1 N–H and O–H groups in total. The molecule has 2 aromatic carbocycles. The average Bonchev–Trinajstić information content (AvgIpc) is 3.40. The quantitative estimate of drug-likeness (QED) is 0.481. The number of alkyl halides is 3. The van der Waals surface area contributed by atoms with E-state index in [2.05, 4.69) is 5.32 Å². The number of carbonyl (C=O) groups is 2. The number of nitrogens with one attached hydrogen (secondary N) is 1. The molecule has 1 aliphatic heterocycles. The van der Waals surface area contributed by atoms with Gasteiger partial charge in [-0.1, -0.05) is 32.0 Å². The van der Waals surface area contributed by atoms with Crippen molar-refractivity contribution in [3.8, 4) is 5.75 Å². The first kappa shape index (κ1) is 26.0. The van der Waals surface area contributed by atoms with E-state index in [9.17, 15) is 22.8 Å². The lowest BCUT2D eigenvalue weighted by atomic mass is 9.75. The molecule has 1 heterocycles. The summed E-state index contributed by atoms with van der Waals surface area (Å²) < 4.78 is 46.8. The number of para-hydroxylation sites is 1. The Kier molecular flexibility index (Phi) is 7.08. The second kappa shape index (κ2) is 9.79. The van der Waals surface area contributed by atoms with Crippen LogP contribution in [-0.2, 0) is 15.8 Å². The van der Waals surface area contributed by atoms with Crippen LogP contribution in [0, 0.1) is 25.2 Å². The number of aryl methyl sites for hydroxylation is 2. The Bertz CT molecular complexity index is 1140. The van der Waals surface area contributed by atoms with E-state index in [1.165, 1.54) is 6.07 Å². The van der Waals surface area contributed by atoms with Gasteiger partial charge in [-0.05, 0) is 69.2 Å². The molecule has 4 rings (SSSR count). The van der Waals surface area contributed by atoms with E-state index < -0.39 is 29.0 Å². The van der Waals surface area contributed by atoms with Crippen LogP contribution >= 0.6 is 0 Å².